The summed E-state index contributed by atoms with van der Waals surface area (Å²) in [7, 11) is 0. The van der Waals surface area contributed by atoms with E-state index in [2.05, 4.69) is 43.5 Å². The van der Waals surface area contributed by atoms with E-state index in [-0.39, 0.29) is 11.5 Å². The van der Waals surface area contributed by atoms with Crippen LogP contribution in [0.25, 0.3) is 0 Å². The highest BCUT2D eigenvalue weighted by molar-refractivity contribution is 5.17. The lowest BCUT2D eigenvalue weighted by Crippen LogP contribution is -2.42. The molecule has 3 atom stereocenters. The molecule has 1 heterocycles. The molecule has 1 saturated carbocycles. The number of aliphatic hydroxyl groups excluding tert-OH is 1. The van der Waals surface area contributed by atoms with Gasteiger partial charge in [0.15, 0.2) is 0 Å². The van der Waals surface area contributed by atoms with Crippen molar-refractivity contribution in [2.45, 2.75) is 71.4 Å². The fourth-order valence-corrected chi connectivity index (χ4v) is 3.65. The molecule has 0 aromatic carbocycles. The maximum atomic E-state index is 10.5. The van der Waals surface area contributed by atoms with Crippen molar-refractivity contribution in [3.63, 3.8) is 0 Å². The van der Waals surface area contributed by atoms with Gasteiger partial charge in [-0.05, 0) is 37.2 Å². The third-order valence-electron chi connectivity index (χ3n) is 4.82. The molecule has 0 radical (unpaired) electrons. The lowest BCUT2D eigenvalue weighted by Gasteiger charge is -2.42. The molecule has 1 aliphatic carbocycles. The third kappa shape index (κ3) is 2.86. The van der Waals surface area contributed by atoms with Gasteiger partial charge in [0.05, 0.1) is 6.10 Å². The van der Waals surface area contributed by atoms with Crippen molar-refractivity contribution in [2.75, 3.05) is 0 Å². The lowest BCUT2D eigenvalue weighted by molar-refractivity contribution is 0.0121. The summed E-state index contributed by atoms with van der Waals surface area (Å²) in [4.78, 5) is 0. The van der Waals surface area contributed by atoms with Gasteiger partial charge in [0.25, 0.3) is 0 Å². The maximum Gasteiger partial charge on any atom is 0.0579 e. The van der Waals surface area contributed by atoms with Crippen LogP contribution >= 0.6 is 0 Å². The second-order valence-electron chi connectivity index (χ2n) is 6.75. The molecule has 0 aliphatic heterocycles. The van der Waals surface area contributed by atoms with E-state index in [9.17, 15) is 5.11 Å². The van der Waals surface area contributed by atoms with E-state index in [1.54, 1.807) is 0 Å². The van der Waals surface area contributed by atoms with E-state index >= 15 is 0 Å². The quantitative estimate of drug-likeness (QED) is 0.905. The minimum atomic E-state index is -0.177. The molecule has 0 bridgehead atoms. The van der Waals surface area contributed by atoms with Crippen LogP contribution in [0.15, 0.2) is 12.3 Å². The molecule has 1 aromatic rings. The normalized spacial score (nSPS) is 28.6. The predicted molar refractivity (Wildman–Crippen MR) is 78.1 cm³/mol. The van der Waals surface area contributed by atoms with Crippen molar-refractivity contribution in [2.24, 2.45) is 11.8 Å². The van der Waals surface area contributed by atoms with E-state index < -0.39 is 0 Å². The second kappa shape index (κ2) is 5.66. The van der Waals surface area contributed by atoms with Gasteiger partial charge in [-0.15, -0.1) is 0 Å². The van der Waals surface area contributed by atoms with Crippen molar-refractivity contribution in [3.05, 3.63) is 18.0 Å². The van der Waals surface area contributed by atoms with Gasteiger partial charge in [0.1, 0.15) is 0 Å². The number of aliphatic hydroxyl groups is 1. The summed E-state index contributed by atoms with van der Waals surface area (Å²) in [5.74, 6) is 0.999. The van der Waals surface area contributed by atoms with Crippen molar-refractivity contribution >= 4 is 0 Å². The van der Waals surface area contributed by atoms with Gasteiger partial charge in [-0.2, -0.15) is 5.10 Å². The monoisotopic (exact) mass is 264 g/mol. The van der Waals surface area contributed by atoms with E-state index in [0.29, 0.717) is 11.8 Å². The third-order valence-corrected chi connectivity index (χ3v) is 4.82. The number of rotatable bonds is 4. The van der Waals surface area contributed by atoms with Gasteiger partial charge >= 0.3 is 0 Å². The fourth-order valence-electron chi connectivity index (χ4n) is 3.65. The molecule has 1 N–H and O–H groups in total. The summed E-state index contributed by atoms with van der Waals surface area (Å²) in [6.45, 7) is 9.91. The van der Waals surface area contributed by atoms with Crippen molar-refractivity contribution < 1.29 is 5.11 Å². The Morgan fingerprint density at radius 3 is 2.79 bits per heavy atom. The van der Waals surface area contributed by atoms with Crippen LogP contribution in [0.4, 0.5) is 0 Å². The van der Waals surface area contributed by atoms with Gasteiger partial charge < -0.3 is 5.11 Å². The Balaban J connectivity index is 2.23. The van der Waals surface area contributed by atoms with Crippen LogP contribution in [0.2, 0.25) is 0 Å². The summed E-state index contributed by atoms with van der Waals surface area (Å²) in [5, 5.41) is 14.9. The number of hydrogen-bond acceptors (Lipinski definition) is 2. The Morgan fingerprint density at radius 2 is 2.16 bits per heavy atom. The molecule has 0 amide bonds. The van der Waals surface area contributed by atoms with E-state index in [1.807, 2.05) is 6.20 Å². The highest BCUT2D eigenvalue weighted by Crippen LogP contribution is 2.42. The molecule has 19 heavy (non-hydrogen) atoms. The molecule has 1 aliphatic rings. The van der Waals surface area contributed by atoms with Gasteiger partial charge in [-0.1, -0.05) is 34.1 Å². The van der Waals surface area contributed by atoms with E-state index in [0.717, 1.165) is 25.8 Å². The topological polar surface area (TPSA) is 38.0 Å². The van der Waals surface area contributed by atoms with Gasteiger partial charge in [-0.3, -0.25) is 4.68 Å². The van der Waals surface area contributed by atoms with Crippen LogP contribution < -0.4 is 0 Å². The first-order valence-corrected chi connectivity index (χ1v) is 7.67. The average Bonchev–Trinajstić information content (AvgIpc) is 2.78. The molecule has 108 valence electrons. The van der Waals surface area contributed by atoms with Crippen LogP contribution in [0.5, 0.6) is 0 Å². The number of hydrogen-bond donors (Lipinski definition) is 1. The molecule has 1 aromatic heterocycles. The smallest absolute Gasteiger partial charge is 0.0579 e. The lowest BCUT2D eigenvalue weighted by atomic mass is 9.66. The predicted octanol–water partition coefficient (Wildman–Crippen LogP) is 3.37. The van der Waals surface area contributed by atoms with Crippen LogP contribution in [0.3, 0.4) is 0 Å². The highest BCUT2D eigenvalue weighted by atomic mass is 16.3. The highest BCUT2D eigenvalue weighted by Gasteiger charge is 2.40. The molecular weight excluding hydrogens is 236 g/mol. The summed E-state index contributed by atoms with van der Waals surface area (Å²) >= 11 is 0. The Morgan fingerprint density at radius 1 is 1.42 bits per heavy atom. The second-order valence-corrected chi connectivity index (χ2v) is 6.75. The van der Waals surface area contributed by atoms with E-state index in [1.165, 1.54) is 12.1 Å². The van der Waals surface area contributed by atoms with Crippen LogP contribution in [0, 0.1) is 11.8 Å². The van der Waals surface area contributed by atoms with Gasteiger partial charge in [0, 0.05) is 23.9 Å². The molecule has 1 fully saturated rings. The fraction of sp³-hybridized carbons (Fsp3) is 0.812. The number of aryl methyl sites for hydroxylation is 1. The molecule has 0 saturated heterocycles. The van der Waals surface area contributed by atoms with Crippen molar-refractivity contribution in [1.29, 1.82) is 0 Å². The molecule has 2 rings (SSSR count). The van der Waals surface area contributed by atoms with Crippen LogP contribution in [-0.2, 0) is 12.0 Å². The first-order chi connectivity index (χ1) is 8.96. The zero-order chi connectivity index (χ0) is 14.0. The Hall–Kier alpha value is -0.830. The molecular formula is C16H28N2O. The molecule has 0 spiro atoms. The van der Waals surface area contributed by atoms with Gasteiger partial charge in [-0.25, -0.2) is 0 Å². The zero-order valence-corrected chi connectivity index (χ0v) is 12.8. The van der Waals surface area contributed by atoms with E-state index in [4.69, 9.17) is 0 Å². The maximum absolute atomic E-state index is 10.5. The summed E-state index contributed by atoms with van der Waals surface area (Å²) in [6.07, 6.45) is 6.10. The van der Waals surface area contributed by atoms with Crippen LogP contribution in [-0.4, -0.2) is 21.0 Å². The van der Waals surface area contributed by atoms with Crippen molar-refractivity contribution in [3.8, 4) is 0 Å². The molecule has 3 unspecified atom stereocenters. The summed E-state index contributed by atoms with van der Waals surface area (Å²) in [6, 6.07) is 2.13. The largest absolute Gasteiger partial charge is 0.393 e. The molecule has 3 heteroatoms. The Labute approximate surface area is 117 Å². The summed E-state index contributed by atoms with van der Waals surface area (Å²) in [5.41, 5.74) is 1.26. The minimum Gasteiger partial charge on any atom is -0.393 e. The molecule has 3 nitrogen and oxygen atoms in total. The Bertz CT molecular complexity index is 411. The SMILES string of the molecule is CCCn1nccc1C(C)(C)C1CCC(C)CC1O. The first kappa shape index (κ1) is 14.6. The Kier molecular flexibility index (Phi) is 4.34. The average molecular weight is 264 g/mol. The van der Waals surface area contributed by atoms with Crippen molar-refractivity contribution in [1.82, 2.24) is 9.78 Å². The number of nitrogens with zero attached hydrogens (tertiary/aromatic N) is 2. The van der Waals surface area contributed by atoms with Crippen LogP contribution in [0.1, 0.15) is 59.1 Å². The van der Waals surface area contributed by atoms with Gasteiger partial charge in [0.2, 0.25) is 0 Å². The number of aromatic nitrogens is 2. The standard InChI is InChI=1S/C16H28N2O/c1-5-10-18-15(8-9-17-18)16(3,4)13-7-6-12(2)11-14(13)19/h8-9,12-14,19H,5-7,10-11H2,1-4H3. The zero-order valence-electron chi connectivity index (χ0n) is 12.8. The first-order valence-electron chi connectivity index (χ1n) is 7.67. The minimum absolute atomic E-state index is 0.00870. The summed E-state index contributed by atoms with van der Waals surface area (Å²) < 4.78 is 2.12.